The molecule has 0 amide bonds. The van der Waals surface area contributed by atoms with E-state index >= 15 is 0 Å². The SMILES string of the molecule is CCOc1cc2c(cc1CSc1nncn1CCc1cccs1)OC(C)C2. The molecule has 1 aliphatic heterocycles. The summed E-state index contributed by atoms with van der Waals surface area (Å²) in [4.78, 5) is 1.38. The van der Waals surface area contributed by atoms with E-state index in [1.54, 1.807) is 23.1 Å². The van der Waals surface area contributed by atoms with Crippen LogP contribution in [0.5, 0.6) is 11.5 Å². The fourth-order valence-corrected chi connectivity index (χ4v) is 4.84. The molecular formula is C20H23N3O2S2. The Morgan fingerprint density at radius 2 is 2.33 bits per heavy atom. The average Bonchev–Trinajstić information content (AvgIpc) is 3.38. The van der Waals surface area contributed by atoms with Crippen molar-refractivity contribution in [3.63, 3.8) is 0 Å². The van der Waals surface area contributed by atoms with Gasteiger partial charge < -0.3 is 14.0 Å². The molecule has 142 valence electrons. The van der Waals surface area contributed by atoms with Crippen LogP contribution in [0.1, 0.15) is 29.9 Å². The van der Waals surface area contributed by atoms with Crippen LogP contribution in [0.25, 0.3) is 0 Å². The third-order valence-electron chi connectivity index (χ3n) is 4.49. The number of rotatable bonds is 8. The monoisotopic (exact) mass is 401 g/mol. The molecule has 0 saturated heterocycles. The Kier molecular flexibility index (Phi) is 5.69. The number of thiophene rings is 1. The van der Waals surface area contributed by atoms with Gasteiger partial charge in [0.2, 0.25) is 0 Å². The van der Waals surface area contributed by atoms with Gasteiger partial charge in [0.05, 0.1) is 6.61 Å². The Morgan fingerprint density at radius 1 is 1.41 bits per heavy atom. The highest BCUT2D eigenvalue weighted by atomic mass is 32.2. The topological polar surface area (TPSA) is 49.2 Å². The third-order valence-corrected chi connectivity index (χ3v) is 6.46. The standard InChI is InChI=1S/C20H23N3O2S2/c1-3-24-18-10-15-9-14(2)25-19(15)11-16(18)12-27-20-22-21-13-23(20)7-6-17-5-4-8-26-17/h4-5,8,10-11,13-14H,3,6-7,9,12H2,1-2H3. The van der Waals surface area contributed by atoms with Crippen LogP contribution in [-0.4, -0.2) is 27.5 Å². The molecule has 0 aliphatic carbocycles. The lowest BCUT2D eigenvalue weighted by atomic mass is 10.1. The minimum atomic E-state index is 0.234. The molecule has 4 rings (SSSR count). The highest BCUT2D eigenvalue weighted by molar-refractivity contribution is 7.98. The van der Waals surface area contributed by atoms with Crippen molar-refractivity contribution in [3.05, 3.63) is 52.0 Å². The van der Waals surface area contributed by atoms with Crippen LogP contribution in [0.4, 0.5) is 0 Å². The molecule has 0 bridgehead atoms. The van der Waals surface area contributed by atoms with Gasteiger partial charge in [-0.05, 0) is 43.8 Å². The van der Waals surface area contributed by atoms with E-state index in [-0.39, 0.29) is 6.10 Å². The zero-order chi connectivity index (χ0) is 18.6. The van der Waals surface area contributed by atoms with E-state index in [2.05, 4.69) is 51.3 Å². The normalized spacial score (nSPS) is 15.6. The molecule has 0 spiro atoms. The summed E-state index contributed by atoms with van der Waals surface area (Å²) in [5.41, 5.74) is 2.38. The molecule has 1 aliphatic rings. The largest absolute Gasteiger partial charge is 0.494 e. The van der Waals surface area contributed by atoms with Crippen molar-refractivity contribution in [2.75, 3.05) is 6.61 Å². The van der Waals surface area contributed by atoms with Crippen LogP contribution < -0.4 is 9.47 Å². The Morgan fingerprint density at radius 3 is 3.15 bits per heavy atom. The number of fused-ring (bicyclic) bond motifs is 1. The Balaban J connectivity index is 1.46. The number of aryl methyl sites for hydroxylation is 2. The highest BCUT2D eigenvalue weighted by Gasteiger charge is 2.22. The van der Waals surface area contributed by atoms with E-state index in [4.69, 9.17) is 9.47 Å². The van der Waals surface area contributed by atoms with Crippen molar-refractivity contribution in [3.8, 4) is 11.5 Å². The van der Waals surface area contributed by atoms with Gasteiger partial charge in [-0.25, -0.2) is 0 Å². The average molecular weight is 402 g/mol. The quantitative estimate of drug-likeness (QED) is 0.517. The number of benzene rings is 1. The predicted molar refractivity (Wildman–Crippen MR) is 109 cm³/mol. The molecule has 1 aromatic carbocycles. The van der Waals surface area contributed by atoms with Gasteiger partial charge >= 0.3 is 0 Å². The zero-order valence-corrected chi connectivity index (χ0v) is 17.2. The second kappa shape index (κ2) is 8.35. The Labute approximate surface area is 167 Å². The Hall–Kier alpha value is -1.99. The van der Waals surface area contributed by atoms with E-state index in [9.17, 15) is 0 Å². The van der Waals surface area contributed by atoms with Crippen molar-refractivity contribution in [2.45, 2.75) is 50.2 Å². The summed E-state index contributed by atoms with van der Waals surface area (Å²) < 4.78 is 13.9. The first kappa shape index (κ1) is 18.4. The van der Waals surface area contributed by atoms with Crippen molar-refractivity contribution >= 4 is 23.1 Å². The van der Waals surface area contributed by atoms with E-state index in [1.807, 2.05) is 13.3 Å². The second-order valence-corrected chi connectivity index (χ2v) is 8.53. The van der Waals surface area contributed by atoms with Crippen molar-refractivity contribution < 1.29 is 9.47 Å². The molecule has 1 atom stereocenters. The van der Waals surface area contributed by atoms with Gasteiger partial charge in [0.25, 0.3) is 0 Å². The summed E-state index contributed by atoms with van der Waals surface area (Å²) in [7, 11) is 0. The molecule has 3 aromatic rings. The summed E-state index contributed by atoms with van der Waals surface area (Å²) in [5, 5.41) is 11.4. The van der Waals surface area contributed by atoms with E-state index in [0.29, 0.717) is 6.61 Å². The van der Waals surface area contributed by atoms with Crippen LogP contribution >= 0.6 is 23.1 Å². The van der Waals surface area contributed by atoms with E-state index < -0.39 is 0 Å². The summed E-state index contributed by atoms with van der Waals surface area (Å²) in [6.45, 7) is 5.66. The first-order valence-electron chi connectivity index (χ1n) is 9.21. The predicted octanol–water partition coefficient (Wildman–Crippen LogP) is 4.60. The molecule has 7 heteroatoms. The van der Waals surface area contributed by atoms with Crippen molar-refractivity contribution in [1.82, 2.24) is 14.8 Å². The maximum absolute atomic E-state index is 5.92. The minimum Gasteiger partial charge on any atom is -0.494 e. The first-order chi connectivity index (χ1) is 13.2. The molecule has 0 saturated carbocycles. The van der Waals surface area contributed by atoms with Gasteiger partial charge in [-0.2, -0.15) is 0 Å². The second-order valence-electron chi connectivity index (χ2n) is 6.56. The van der Waals surface area contributed by atoms with Crippen LogP contribution in [0.3, 0.4) is 0 Å². The molecule has 0 N–H and O–H groups in total. The molecular weight excluding hydrogens is 378 g/mol. The van der Waals surface area contributed by atoms with Crippen LogP contribution in [0.15, 0.2) is 41.1 Å². The van der Waals surface area contributed by atoms with E-state index in [0.717, 1.165) is 47.4 Å². The summed E-state index contributed by atoms with van der Waals surface area (Å²) >= 11 is 3.48. The number of ether oxygens (including phenoxy) is 2. The third kappa shape index (κ3) is 4.30. The maximum atomic E-state index is 5.92. The van der Waals surface area contributed by atoms with Crippen molar-refractivity contribution in [2.24, 2.45) is 0 Å². The molecule has 0 fully saturated rings. The van der Waals surface area contributed by atoms with Gasteiger partial charge in [0.15, 0.2) is 5.16 Å². The number of thioether (sulfide) groups is 1. The Bertz CT molecular complexity index is 893. The molecule has 3 heterocycles. The summed E-state index contributed by atoms with van der Waals surface area (Å²) in [5.74, 6) is 2.71. The van der Waals surface area contributed by atoms with Gasteiger partial charge in [-0.3, -0.25) is 0 Å². The minimum absolute atomic E-state index is 0.234. The lowest BCUT2D eigenvalue weighted by molar-refractivity contribution is 0.254. The number of hydrogen-bond donors (Lipinski definition) is 0. The lowest BCUT2D eigenvalue weighted by Crippen LogP contribution is -2.05. The molecule has 0 radical (unpaired) electrons. The zero-order valence-electron chi connectivity index (χ0n) is 15.6. The van der Waals surface area contributed by atoms with Crippen LogP contribution in [0.2, 0.25) is 0 Å². The van der Waals surface area contributed by atoms with Gasteiger partial charge in [0, 0.05) is 34.7 Å². The van der Waals surface area contributed by atoms with Gasteiger partial charge in [-0.15, -0.1) is 21.5 Å². The molecule has 27 heavy (non-hydrogen) atoms. The number of hydrogen-bond acceptors (Lipinski definition) is 6. The van der Waals surface area contributed by atoms with Crippen molar-refractivity contribution in [1.29, 1.82) is 0 Å². The van der Waals surface area contributed by atoms with E-state index in [1.165, 1.54) is 10.4 Å². The lowest BCUT2D eigenvalue weighted by Gasteiger charge is -2.12. The fourth-order valence-electron chi connectivity index (χ4n) is 3.22. The smallest absolute Gasteiger partial charge is 0.191 e. The molecule has 1 unspecified atom stereocenters. The van der Waals surface area contributed by atoms with Crippen LogP contribution in [0, 0.1) is 0 Å². The fraction of sp³-hybridized carbons (Fsp3) is 0.400. The van der Waals surface area contributed by atoms with Crippen LogP contribution in [-0.2, 0) is 25.1 Å². The van der Waals surface area contributed by atoms with Gasteiger partial charge in [-0.1, -0.05) is 17.8 Å². The molecule has 5 nitrogen and oxygen atoms in total. The summed E-state index contributed by atoms with van der Waals surface area (Å²) in [6, 6.07) is 8.53. The maximum Gasteiger partial charge on any atom is 0.191 e. The highest BCUT2D eigenvalue weighted by Crippen LogP contribution is 2.37. The molecule has 2 aromatic heterocycles. The first-order valence-corrected chi connectivity index (χ1v) is 11.1. The number of nitrogens with zero attached hydrogens (tertiary/aromatic N) is 3. The summed E-state index contributed by atoms with van der Waals surface area (Å²) in [6.07, 6.45) is 3.99. The number of aromatic nitrogens is 3. The van der Waals surface area contributed by atoms with Gasteiger partial charge in [0.1, 0.15) is 23.9 Å².